The first-order valence-corrected chi connectivity index (χ1v) is 12.2. The van der Waals surface area contributed by atoms with Gasteiger partial charge in [0, 0.05) is 26.7 Å². The molecule has 11 nitrogen and oxygen atoms in total. The Morgan fingerprint density at radius 1 is 1.03 bits per heavy atom. The molecule has 2 aromatic carbocycles. The number of ether oxygens (including phenoxy) is 3. The smallest absolute Gasteiger partial charge is 0.409 e. The molecule has 0 heterocycles. The SMILES string of the molecule is CCN(CCN(CC(=O)NO)S(=O)(=O)c1cc(F)c(Oc2ccc(F)cc2)c(F)c1)C(=O)OCCOC. The third-order valence-electron chi connectivity index (χ3n) is 4.86. The van der Waals surface area contributed by atoms with Crippen LogP contribution in [-0.2, 0) is 24.3 Å². The van der Waals surface area contributed by atoms with Crippen molar-refractivity contribution < 1.29 is 50.6 Å². The molecule has 0 radical (unpaired) electrons. The Balaban J connectivity index is 2.29. The standard InChI is InChI=1S/C22H26F3N3O8S/c1-3-27(22(30)35-11-10-34-2)8-9-28(14-20(29)26-31)37(32,33)17-12-18(24)21(19(25)13-17)36-16-6-4-15(23)5-7-16/h4-7,12-13,31H,3,8-11,14H2,1-2H3,(H,26,29). The van der Waals surface area contributed by atoms with E-state index < -0.39 is 63.2 Å². The van der Waals surface area contributed by atoms with Crippen LogP contribution in [0.15, 0.2) is 41.3 Å². The van der Waals surface area contributed by atoms with Gasteiger partial charge in [-0.2, -0.15) is 4.31 Å². The van der Waals surface area contributed by atoms with Gasteiger partial charge in [-0.1, -0.05) is 0 Å². The van der Waals surface area contributed by atoms with Crippen molar-refractivity contribution in [3.8, 4) is 11.5 Å². The van der Waals surface area contributed by atoms with Crippen LogP contribution in [-0.4, -0.2) is 81.3 Å². The predicted octanol–water partition coefficient (Wildman–Crippen LogP) is 2.50. The van der Waals surface area contributed by atoms with Crippen molar-refractivity contribution in [3.63, 3.8) is 0 Å². The van der Waals surface area contributed by atoms with E-state index >= 15 is 0 Å². The number of amides is 2. The minimum atomic E-state index is -4.72. The molecule has 0 bridgehead atoms. The highest BCUT2D eigenvalue weighted by molar-refractivity contribution is 7.89. The summed E-state index contributed by atoms with van der Waals surface area (Å²) in [5.41, 5.74) is 1.28. The van der Waals surface area contributed by atoms with Crippen LogP contribution < -0.4 is 10.2 Å². The average molecular weight is 550 g/mol. The second-order valence-corrected chi connectivity index (χ2v) is 9.27. The Bertz CT molecular complexity index is 1160. The fourth-order valence-electron chi connectivity index (χ4n) is 2.95. The van der Waals surface area contributed by atoms with Crippen molar-refractivity contribution in [2.75, 3.05) is 46.5 Å². The van der Waals surface area contributed by atoms with E-state index in [9.17, 15) is 31.2 Å². The van der Waals surface area contributed by atoms with Gasteiger partial charge in [0.2, 0.25) is 10.0 Å². The van der Waals surface area contributed by atoms with Gasteiger partial charge in [-0.15, -0.1) is 0 Å². The maximum Gasteiger partial charge on any atom is 0.409 e. The second kappa shape index (κ2) is 13.8. The van der Waals surface area contributed by atoms with Gasteiger partial charge in [-0.25, -0.2) is 31.9 Å². The molecule has 2 amide bonds. The zero-order valence-corrected chi connectivity index (χ0v) is 20.8. The lowest BCUT2D eigenvalue weighted by atomic mass is 10.3. The van der Waals surface area contributed by atoms with Crippen molar-refractivity contribution >= 4 is 22.0 Å². The van der Waals surface area contributed by atoms with Gasteiger partial charge in [0.15, 0.2) is 17.4 Å². The topological polar surface area (TPSA) is 135 Å². The Morgan fingerprint density at radius 2 is 1.65 bits per heavy atom. The molecule has 0 aliphatic carbocycles. The molecule has 0 spiro atoms. The number of sulfonamides is 1. The maximum atomic E-state index is 14.7. The van der Waals surface area contributed by atoms with Gasteiger partial charge in [0.1, 0.15) is 18.2 Å². The lowest BCUT2D eigenvalue weighted by Crippen LogP contribution is -2.45. The van der Waals surface area contributed by atoms with E-state index in [2.05, 4.69) is 0 Å². The summed E-state index contributed by atoms with van der Waals surface area (Å²) in [4.78, 5) is 24.2. The fourth-order valence-corrected chi connectivity index (χ4v) is 4.36. The number of nitrogens with zero attached hydrogens (tertiary/aromatic N) is 2. The Hall–Kier alpha value is -3.40. The van der Waals surface area contributed by atoms with E-state index in [1.54, 1.807) is 6.92 Å². The van der Waals surface area contributed by atoms with Crippen molar-refractivity contribution in [1.29, 1.82) is 0 Å². The third kappa shape index (κ3) is 8.31. The van der Waals surface area contributed by atoms with Crippen molar-refractivity contribution in [1.82, 2.24) is 14.7 Å². The molecule has 15 heteroatoms. The van der Waals surface area contributed by atoms with Crippen molar-refractivity contribution in [2.45, 2.75) is 11.8 Å². The molecule has 0 aromatic heterocycles. The normalized spacial score (nSPS) is 11.3. The highest BCUT2D eigenvalue weighted by atomic mass is 32.2. The summed E-state index contributed by atoms with van der Waals surface area (Å²) in [6, 6.07) is 5.21. The number of hydroxylamine groups is 1. The first-order valence-electron chi connectivity index (χ1n) is 10.8. The summed E-state index contributed by atoms with van der Waals surface area (Å²) in [5, 5.41) is 8.86. The van der Waals surface area contributed by atoms with Gasteiger partial charge < -0.3 is 19.1 Å². The molecule has 37 heavy (non-hydrogen) atoms. The highest BCUT2D eigenvalue weighted by Gasteiger charge is 2.30. The number of carbonyl (C=O) groups is 2. The summed E-state index contributed by atoms with van der Waals surface area (Å²) in [6.45, 7) is 0.138. The van der Waals surface area contributed by atoms with Crippen LogP contribution in [0.4, 0.5) is 18.0 Å². The number of rotatable bonds is 13. The molecule has 2 rings (SSSR count). The zero-order chi connectivity index (χ0) is 27.6. The van der Waals surface area contributed by atoms with E-state index in [0.717, 1.165) is 29.2 Å². The number of methoxy groups -OCH3 is 1. The maximum absolute atomic E-state index is 14.7. The van der Waals surface area contributed by atoms with E-state index in [1.807, 2.05) is 0 Å². The molecule has 2 N–H and O–H groups in total. The van der Waals surface area contributed by atoms with Gasteiger partial charge >= 0.3 is 6.09 Å². The molecule has 0 saturated carbocycles. The second-order valence-electron chi connectivity index (χ2n) is 7.33. The molecular formula is C22H26F3N3O8S. The molecule has 0 unspecified atom stereocenters. The summed E-state index contributed by atoms with van der Waals surface area (Å²) in [6.07, 6.45) is -0.775. The minimum Gasteiger partial charge on any atom is -0.451 e. The van der Waals surface area contributed by atoms with Crippen molar-refractivity contribution in [2.24, 2.45) is 0 Å². The van der Waals surface area contributed by atoms with Gasteiger partial charge in [0.25, 0.3) is 5.91 Å². The first kappa shape index (κ1) is 29.8. The fraction of sp³-hybridized carbons (Fsp3) is 0.364. The minimum absolute atomic E-state index is 0.0499. The molecule has 0 saturated heterocycles. The highest BCUT2D eigenvalue weighted by Crippen LogP contribution is 2.31. The third-order valence-corrected chi connectivity index (χ3v) is 6.68. The number of halogens is 3. The monoisotopic (exact) mass is 549 g/mol. The van der Waals surface area contributed by atoms with Crippen LogP contribution in [0.2, 0.25) is 0 Å². The van der Waals surface area contributed by atoms with Gasteiger partial charge in [-0.3, -0.25) is 10.0 Å². The lowest BCUT2D eigenvalue weighted by molar-refractivity contribution is -0.129. The predicted molar refractivity (Wildman–Crippen MR) is 122 cm³/mol. The van der Waals surface area contributed by atoms with E-state index in [-0.39, 0.29) is 32.1 Å². The molecular weight excluding hydrogens is 523 g/mol. The number of hydrogen-bond donors (Lipinski definition) is 2. The lowest BCUT2D eigenvalue weighted by Gasteiger charge is -2.26. The van der Waals surface area contributed by atoms with E-state index in [0.29, 0.717) is 16.4 Å². The summed E-state index contributed by atoms with van der Waals surface area (Å²) in [5.74, 6) is -5.54. The van der Waals surface area contributed by atoms with Crippen LogP contribution in [0.25, 0.3) is 0 Å². The van der Waals surface area contributed by atoms with Crippen molar-refractivity contribution in [3.05, 3.63) is 53.8 Å². The Kier molecular flexibility index (Phi) is 11.1. The van der Waals surface area contributed by atoms with Crippen LogP contribution in [0.5, 0.6) is 11.5 Å². The van der Waals surface area contributed by atoms with E-state index in [4.69, 9.17) is 19.4 Å². The largest absolute Gasteiger partial charge is 0.451 e. The average Bonchev–Trinajstić information content (AvgIpc) is 2.86. The molecule has 2 aromatic rings. The molecule has 0 aliphatic heterocycles. The summed E-state index contributed by atoms with van der Waals surface area (Å²) in [7, 11) is -3.31. The first-order chi connectivity index (χ1) is 17.5. The number of carbonyl (C=O) groups excluding carboxylic acids is 2. The zero-order valence-electron chi connectivity index (χ0n) is 19.9. The van der Waals surface area contributed by atoms with Crippen LogP contribution in [0.1, 0.15) is 6.92 Å². The van der Waals surface area contributed by atoms with Crippen LogP contribution in [0.3, 0.4) is 0 Å². The summed E-state index contributed by atoms with van der Waals surface area (Å²) >= 11 is 0. The molecule has 204 valence electrons. The van der Waals surface area contributed by atoms with Gasteiger partial charge in [0.05, 0.1) is 18.0 Å². The number of hydrogen-bond acceptors (Lipinski definition) is 8. The molecule has 0 atom stereocenters. The van der Waals surface area contributed by atoms with Crippen LogP contribution in [0, 0.1) is 17.5 Å². The number of benzene rings is 2. The van der Waals surface area contributed by atoms with Crippen LogP contribution >= 0.6 is 0 Å². The quantitative estimate of drug-likeness (QED) is 0.221. The molecule has 0 fully saturated rings. The van der Waals surface area contributed by atoms with E-state index in [1.165, 1.54) is 12.6 Å². The van der Waals surface area contributed by atoms with Gasteiger partial charge in [-0.05, 0) is 43.3 Å². The molecule has 0 aliphatic rings. The number of likely N-dealkylation sites (N-methyl/N-ethyl adjacent to an activating group) is 1. The Morgan fingerprint density at radius 3 is 2.19 bits per heavy atom. The summed E-state index contributed by atoms with van der Waals surface area (Å²) < 4.78 is 84.2. The number of nitrogens with one attached hydrogen (secondary N) is 1. The Labute approximate surface area is 211 Å².